The molecule has 0 aliphatic rings. The highest BCUT2D eigenvalue weighted by molar-refractivity contribution is 7.96. The van der Waals surface area contributed by atoms with Crippen LogP contribution in [-0.2, 0) is 17.1 Å². The number of nitrogens with two attached hydrogens (primary N) is 1. The number of hydrogen-bond donors (Lipinski definition) is 2. The molecule has 0 bridgehead atoms. The lowest BCUT2D eigenvalue weighted by Gasteiger charge is -2.08. The summed E-state index contributed by atoms with van der Waals surface area (Å²) >= 11 is 1.16. The van der Waals surface area contributed by atoms with Gasteiger partial charge >= 0.3 is 12.1 Å². The highest BCUT2D eigenvalue weighted by Gasteiger charge is 2.38. The zero-order valence-electron chi connectivity index (χ0n) is 8.75. The summed E-state index contributed by atoms with van der Waals surface area (Å²) in [6.07, 6.45) is -4.84. The Hall–Kier alpha value is -1.21. The lowest BCUT2D eigenvalue weighted by molar-refractivity contribution is -0.173. The number of carbonyl (C=O) groups excluding carboxylic acids is 1. The predicted molar refractivity (Wildman–Crippen MR) is 59.8 cm³/mol. The molecule has 0 aliphatic carbocycles. The minimum Gasteiger partial charge on any atom is -0.344 e. The van der Waals surface area contributed by atoms with Gasteiger partial charge in [0.25, 0.3) is 0 Å². The van der Waals surface area contributed by atoms with Gasteiger partial charge in [-0.15, -0.1) is 0 Å². The van der Waals surface area contributed by atoms with Crippen molar-refractivity contribution in [3.8, 4) is 0 Å². The molecule has 1 aromatic carbocycles. The van der Waals surface area contributed by atoms with Crippen molar-refractivity contribution in [2.75, 3.05) is 0 Å². The molecule has 0 radical (unpaired) electrons. The average Bonchev–Trinajstić information content (AvgIpc) is 2.27. The summed E-state index contributed by atoms with van der Waals surface area (Å²) in [5.41, 5.74) is 1.58. The first-order chi connectivity index (χ1) is 7.93. The molecule has 0 saturated carbocycles. The van der Waals surface area contributed by atoms with E-state index in [-0.39, 0.29) is 6.54 Å². The lowest BCUT2D eigenvalue weighted by atomic mass is 10.1. The van der Waals surface area contributed by atoms with Gasteiger partial charge in [-0.05, 0) is 11.1 Å². The molecule has 0 aromatic heterocycles. The summed E-state index contributed by atoms with van der Waals surface area (Å²) < 4.78 is 35.7. The Labute approximate surface area is 101 Å². The fourth-order valence-corrected chi connectivity index (χ4v) is 1.52. The van der Waals surface area contributed by atoms with Gasteiger partial charge in [-0.1, -0.05) is 36.2 Å². The molecule has 1 aromatic rings. The smallest absolute Gasteiger partial charge is 0.344 e. The Balaban J connectivity index is 2.50. The quantitative estimate of drug-likeness (QED) is 0.817. The zero-order chi connectivity index (χ0) is 12.9. The maximum atomic E-state index is 11.9. The van der Waals surface area contributed by atoms with Crippen molar-refractivity contribution in [3.63, 3.8) is 0 Å². The van der Waals surface area contributed by atoms with E-state index >= 15 is 0 Å². The Morgan fingerprint density at radius 2 is 1.76 bits per heavy atom. The fraction of sp³-hybridized carbons (Fsp3) is 0.300. The van der Waals surface area contributed by atoms with Gasteiger partial charge in [-0.2, -0.15) is 13.2 Å². The molecule has 0 heterocycles. The molecule has 0 unspecified atom stereocenters. The average molecular weight is 264 g/mol. The first-order valence-corrected chi connectivity index (χ1v) is 5.73. The molecule has 0 atom stereocenters. The highest BCUT2D eigenvalue weighted by atomic mass is 32.2. The highest BCUT2D eigenvalue weighted by Crippen LogP contribution is 2.15. The molecule has 0 saturated heterocycles. The van der Waals surface area contributed by atoms with E-state index < -0.39 is 12.1 Å². The number of carbonyl (C=O) groups is 1. The van der Waals surface area contributed by atoms with Crippen LogP contribution in [0.15, 0.2) is 24.3 Å². The Kier molecular flexibility index (Phi) is 4.83. The Morgan fingerprint density at radius 1 is 1.24 bits per heavy atom. The molecule has 17 heavy (non-hydrogen) atoms. The van der Waals surface area contributed by atoms with Crippen molar-refractivity contribution < 1.29 is 18.0 Å². The van der Waals surface area contributed by atoms with E-state index in [1.54, 1.807) is 29.6 Å². The van der Waals surface area contributed by atoms with Gasteiger partial charge in [0, 0.05) is 12.3 Å². The van der Waals surface area contributed by atoms with Crippen molar-refractivity contribution in [2.45, 2.75) is 18.5 Å². The van der Waals surface area contributed by atoms with Crippen LogP contribution in [0.25, 0.3) is 0 Å². The first-order valence-electron chi connectivity index (χ1n) is 4.68. The number of rotatable bonds is 4. The van der Waals surface area contributed by atoms with Gasteiger partial charge in [0.1, 0.15) is 0 Å². The van der Waals surface area contributed by atoms with Crippen molar-refractivity contribution >= 4 is 17.9 Å². The third-order valence-electron chi connectivity index (χ3n) is 1.98. The molecular formula is C10H11F3N2OS. The second-order valence-electron chi connectivity index (χ2n) is 3.31. The van der Waals surface area contributed by atoms with Crippen LogP contribution >= 0.6 is 11.9 Å². The third kappa shape index (κ3) is 4.66. The molecule has 7 heteroatoms. The number of alkyl halides is 3. The van der Waals surface area contributed by atoms with E-state index in [0.717, 1.165) is 17.5 Å². The third-order valence-corrected chi connectivity index (χ3v) is 2.48. The summed E-state index contributed by atoms with van der Waals surface area (Å²) in [6, 6.07) is 6.83. The number of benzene rings is 1. The SMILES string of the molecule is NSCc1ccc(CNC(=O)C(F)(F)F)cc1. The molecule has 0 spiro atoms. The maximum Gasteiger partial charge on any atom is 0.471 e. The van der Waals surface area contributed by atoms with Gasteiger partial charge in [0.05, 0.1) is 0 Å². The van der Waals surface area contributed by atoms with Gasteiger partial charge in [0.15, 0.2) is 0 Å². The van der Waals surface area contributed by atoms with Crippen LogP contribution in [0.3, 0.4) is 0 Å². The summed E-state index contributed by atoms with van der Waals surface area (Å²) in [7, 11) is 0. The standard InChI is InChI=1S/C10H11F3N2OS/c11-10(12,13)9(16)15-5-7-1-3-8(4-2-7)6-17-14/h1-4H,5-6,14H2,(H,15,16). The summed E-state index contributed by atoms with van der Waals surface area (Å²) in [6.45, 7) is -0.144. The molecule has 3 nitrogen and oxygen atoms in total. The van der Waals surface area contributed by atoms with E-state index in [4.69, 9.17) is 5.14 Å². The van der Waals surface area contributed by atoms with Crippen LogP contribution in [0.2, 0.25) is 0 Å². The van der Waals surface area contributed by atoms with E-state index in [1.165, 1.54) is 0 Å². The molecule has 1 amide bonds. The van der Waals surface area contributed by atoms with Crippen molar-refractivity contribution in [2.24, 2.45) is 5.14 Å². The maximum absolute atomic E-state index is 11.9. The van der Waals surface area contributed by atoms with Crippen LogP contribution in [0.5, 0.6) is 0 Å². The van der Waals surface area contributed by atoms with Gasteiger partial charge in [-0.25, -0.2) is 0 Å². The molecule has 0 fully saturated rings. The topological polar surface area (TPSA) is 55.1 Å². The van der Waals surface area contributed by atoms with Gasteiger partial charge in [0.2, 0.25) is 0 Å². The van der Waals surface area contributed by atoms with Gasteiger partial charge < -0.3 is 5.32 Å². The van der Waals surface area contributed by atoms with Crippen LogP contribution < -0.4 is 10.5 Å². The van der Waals surface area contributed by atoms with E-state index in [0.29, 0.717) is 11.3 Å². The number of halogens is 3. The molecule has 0 aliphatic heterocycles. The normalized spacial score (nSPS) is 11.3. The van der Waals surface area contributed by atoms with Crippen LogP contribution in [0.4, 0.5) is 13.2 Å². The van der Waals surface area contributed by atoms with Crippen molar-refractivity contribution in [3.05, 3.63) is 35.4 Å². The van der Waals surface area contributed by atoms with Crippen LogP contribution in [0.1, 0.15) is 11.1 Å². The number of nitrogens with one attached hydrogen (secondary N) is 1. The molecule has 3 N–H and O–H groups in total. The largest absolute Gasteiger partial charge is 0.471 e. The first kappa shape index (κ1) is 13.9. The summed E-state index contributed by atoms with van der Waals surface area (Å²) in [4.78, 5) is 10.6. The Morgan fingerprint density at radius 3 is 2.24 bits per heavy atom. The number of amides is 1. The minimum absolute atomic E-state index is 0.144. The lowest BCUT2D eigenvalue weighted by Crippen LogP contribution is -2.36. The van der Waals surface area contributed by atoms with E-state index in [1.807, 2.05) is 0 Å². The predicted octanol–water partition coefficient (Wildman–Crippen LogP) is 1.97. The number of hydrogen-bond acceptors (Lipinski definition) is 3. The summed E-state index contributed by atoms with van der Waals surface area (Å²) in [5, 5.41) is 7.08. The second-order valence-corrected chi connectivity index (χ2v) is 3.93. The Bertz CT molecular complexity index is 378. The van der Waals surface area contributed by atoms with E-state index in [2.05, 4.69) is 0 Å². The van der Waals surface area contributed by atoms with Gasteiger partial charge in [-0.3, -0.25) is 9.93 Å². The monoisotopic (exact) mass is 264 g/mol. The van der Waals surface area contributed by atoms with Crippen molar-refractivity contribution in [1.82, 2.24) is 5.32 Å². The van der Waals surface area contributed by atoms with E-state index in [9.17, 15) is 18.0 Å². The fourth-order valence-electron chi connectivity index (χ4n) is 1.13. The van der Waals surface area contributed by atoms with Crippen LogP contribution in [-0.4, -0.2) is 12.1 Å². The molecule has 1 rings (SSSR count). The zero-order valence-corrected chi connectivity index (χ0v) is 9.57. The molecule has 94 valence electrons. The summed E-state index contributed by atoms with van der Waals surface area (Å²) in [5.74, 6) is -1.30. The second kappa shape index (κ2) is 5.92. The molecular weight excluding hydrogens is 253 g/mol. The van der Waals surface area contributed by atoms with Crippen LogP contribution in [0, 0.1) is 0 Å². The van der Waals surface area contributed by atoms with Crippen molar-refractivity contribution in [1.29, 1.82) is 0 Å². The minimum atomic E-state index is -4.84.